The Morgan fingerprint density at radius 1 is 0.833 bits per heavy atom. The minimum atomic E-state index is -0.789. The summed E-state index contributed by atoms with van der Waals surface area (Å²) in [5.41, 5.74) is 10.9. The lowest BCUT2D eigenvalue weighted by atomic mass is 10.3. The second-order valence-corrected chi connectivity index (χ2v) is 4.69. The monoisotopic (exact) mass is 333 g/mol. The van der Waals surface area contributed by atoms with Gasteiger partial charge in [0.15, 0.2) is 11.6 Å². The summed E-state index contributed by atoms with van der Waals surface area (Å²) in [5, 5.41) is 2.57. The number of halogens is 3. The number of hydrogen-bond donors (Lipinski definition) is 3. The normalized spacial score (nSPS) is 10.6. The molecule has 10 heteroatoms. The molecule has 0 saturated carbocycles. The molecular formula is C14H10F3N7. The summed E-state index contributed by atoms with van der Waals surface area (Å²) in [5.74, 6) is -2.77. The molecule has 3 aromatic rings. The molecule has 1 aromatic carbocycles. The first-order valence-electron chi connectivity index (χ1n) is 6.58. The van der Waals surface area contributed by atoms with Crippen LogP contribution in [-0.4, -0.2) is 19.9 Å². The van der Waals surface area contributed by atoms with E-state index < -0.39 is 17.5 Å². The van der Waals surface area contributed by atoms with Crippen molar-refractivity contribution in [2.45, 2.75) is 0 Å². The fourth-order valence-electron chi connectivity index (χ4n) is 1.92. The Balaban J connectivity index is 2.01. The van der Waals surface area contributed by atoms with Gasteiger partial charge < -0.3 is 16.8 Å². The number of pyridine rings is 1. The van der Waals surface area contributed by atoms with Crippen molar-refractivity contribution in [3.63, 3.8) is 0 Å². The first-order chi connectivity index (χ1) is 11.4. The minimum absolute atomic E-state index is 0.0463. The molecule has 0 atom stereocenters. The molecule has 0 aliphatic heterocycles. The van der Waals surface area contributed by atoms with Crippen LogP contribution in [0.3, 0.4) is 0 Å². The van der Waals surface area contributed by atoms with E-state index >= 15 is 0 Å². The van der Waals surface area contributed by atoms with E-state index in [0.29, 0.717) is 6.07 Å². The fraction of sp³-hybridized carbons (Fsp3) is 0. The zero-order valence-corrected chi connectivity index (χ0v) is 12.0. The van der Waals surface area contributed by atoms with Gasteiger partial charge in [0.25, 0.3) is 0 Å². The predicted molar refractivity (Wildman–Crippen MR) is 81.5 cm³/mol. The lowest BCUT2D eigenvalue weighted by Crippen LogP contribution is -2.07. The van der Waals surface area contributed by atoms with Gasteiger partial charge in [-0.15, -0.1) is 0 Å². The van der Waals surface area contributed by atoms with Crippen molar-refractivity contribution >= 4 is 23.4 Å². The number of nitrogens with one attached hydrogen (secondary N) is 1. The maximum Gasteiger partial charge on any atom is 0.232 e. The van der Waals surface area contributed by atoms with Crippen LogP contribution in [0.1, 0.15) is 0 Å². The molecule has 0 aliphatic rings. The van der Waals surface area contributed by atoms with Gasteiger partial charge in [-0.2, -0.15) is 15.0 Å². The average molecular weight is 333 g/mol. The lowest BCUT2D eigenvalue weighted by Gasteiger charge is -2.08. The smallest absolute Gasteiger partial charge is 0.232 e. The number of rotatable bonds is 3. The van der Waals surface area contributed by atoms with Crippen molar-refractivity contribution in [1.82, 2.24) is 19.9 Å². The molecule has 3 rings (SSSR count). The van der Waals surface area contributed by atoms with Crippen molar-refractivity contribution in [1.29, 1.82) is 0 Å². The van der Waals surface area contributed by atoms with E-state index in [2.05, 4.69) is 25.3 Å². The SMILES string of the molecule is Nc1ccc(F)c(-c2nc(N)nc(Nc3cc(F)cc(F)c3)n2)n1. The molecule has 24 heavy (non-hydrogen) atoms. The molecule has 0 bridgehead atoms. The van der Waals surface area contributed by atoms with Crippen LogP contribution in [0, 0.1) is 17.5 Å². The summed E-state index contributed by atoms with van der Waals surface area (Å²) < 4.78 is 40.3. The van der Waals surface area contributed by atoms with Gasteiger partial charge in [0, 0.05) is 11.8 Å². The summed E-state index contributed by atoms with van der Waals surface area (Å²) >= 11 is 0. The Kier molecular flexibility index (Phi) is 3.86. The van der Waals surface area contributed by atoms with Crippen molar-refractivity contribution in [3.05, 3.63) is 47.8 Å². The van der Waals surface area contributed by atoms with Crippen LogP contribution in [0.15, 0.2) is 30.3 Å². The summed E-state index contributed by atoms with van der Waals surface area (Å²) in [6.07, 6.45) is 0. The Morgan fingerprint density at radius 3 is 2.25 bits per heavy atom. The van der Waals surface area contributed by atoms with E-state index in [9.17, 15) is 13.2 Å². The van der Waals surface area contributed by atoms with E-state index in [-0.39, 0.29) is 34.9 Å². The van der Waals surface area contributed by atoms with Crippen LogP contribution >= 0.6 is 0 Å². The van der Waals surface area contributed by atoms with E-state index in [1.807, 2.05) is 0 Å². The highest BCUT2D eigenvalue weighted by Gasteiger charge is 2.14. The van der Waals surface area contributed by atoms with Gasteiger partial charge in [0.1, 0.15) is 23.1 Å². The molecule has 0 unspecified atom stereocenters. The summed E-state index contributed by atoms with van der Waals surface area (Å²) in [7, 11) is 0. The molecular weight excluding hydrogens is 323 g/mol. The lowest BCUT2D eigenvalue weighted by molar-refractivity contribution is 0.584. The number of nitrogen functional groups attached to an aromatic ring is 2. The second-order valence-electron chi connectivity index (χ2n) is 4.69. The largest absolute Gasteiger partial charge is 0.384 e. The standard InChI is InChI=1S/C14H10F3N7/c15-6-3-7(16)5-8(4-6)20-14-23-12(22-13(19)24-14)11-9(17)1-2-10(18)21-11/h1-5H,(H2,18,21)(H3,19,20,22,23,24). The van der Waals surface area contributed by atoms with Gasteiger partial charge in [-0.05, 0) is 24.3 Å². The molecule has 7 nitrogen and oxygen atoms in total. The van der Waals surface area contributed by atoms with E-state index in [0.717, 1.165) is 18.2 Å². The van der Waals surface area contributed by atoms with E-state index in [1.54, 1.807) is 0 Å². The van der Waals surface area contributed by atoms with Crippen molar-refractivity contribution in [2.24, 2.45) is 0 Å². The molecule has 5 N–H and O–H groups in total. The second kappa shape index (κ2) is 5.99. The third kappa shape index (κ3) is 3.32. The quantitative estimate of drug-likeness (QED) is 0.673. The van der Waals surface area contributed by atoms with Crippen LogP contribution < -0.4 is 16.8 Å². The maximum absolute atomic E-state index is 13.9. The van der Waals surface area contributed by atoms with Gasteiger partial charge >= 0.3 is 0 Å². The molecule has 2 aromatic heterocycles. The molecule has 0 aliphatic carbocycles. The molecule has 122 valence electrons. The van der Waals surface area contributed by atoms with Crippen LogP contribution in [0.4, 0.5) is 36.6 Å². The van der Waals surface area contributed by atoms with Crippen LogP contribution in [0.5, 0.6) is 0 Å². The summed E-state index contributed by atoms with van der Waals surface area (Å²) in [6, 6.07) is 5.15. The van der Waals surface area contributed by atoms with E-state index in [4.69, 9.17) is 11.5 Å². The van der Waals surface area contributed by atoms with Gasteiger partial charge in [-0.1, -0.05) is 0 Å². The molecule has 0 fully saturated rings. The molecule has 0 spiro atoms. The highest BCUT2D eigenvalue weighted by molar-refractivity contribution is 5.59. The third-order valence-electron chi connectivity index (χ3n) is 2.85. The Bertz CT molecular complexity index is 897. The van der Waals surface area contributed by atoms with Crippen LogP contribution in [0.2, 0.25) is 0 Å². The van der Waals surface area contributed by atoms with E-state index in [1.165, 1.54) is 6.07 Å². The minimum Gasteiger partial charge on any atom is -0.384 e. The maximum atomic E-state index is 13.9. The van der Waals surface area contributed by atoms with Gasteiger partial charge in [0.2, 0.25) is 11.9 Å². The number of benzene rings is 1. The average Bonchev–Trinajstić information content (AvgIpc) is 2.48. The third-order valence-corrected chi connectivity index (χ3v) is 2.85. The zero-order valence-electron chi connectivity index (χ0n) is 12.0. The number of nitrogens with two attached hydrogens (primary N) is 2. The molecule has 0 radical (unpaired) electrons. The summed E-state index contributed by atoms with van der Waals surface area (Å²) in [6.45, 7) is 0. The first kappa shape index (κ1) is 15.5. The molecule has 0 saturated heterocycles. The Morgan fingerprint density at radius 2 is 1.54 bits per heavy atom. The number of anilines is 4. The first-order valence-corrected chi connectivity index (χ1v) is 6.58. The van der Waals surface area contributed by atoms with Gasteiger partial charge in [0.05, 0.1) is 0 Å². The highest BCUT2D eigenvalue weighted by Crippen LogP contribution is 2.22. The fourth-order valence-corrected chi connectivity index (χ4v) is 1.92. The Labute approximate surface area is 133 Å². The number of nitrogens with zero attached hydrogens (tertiary/aromatic N) is 4. The topological polar surface area (TPSA) is 116 Å². The summed E-state index contributed by atoms with van der Waals surface area (Å²) in [4.78, 5) is 15.3. The predicted octanol–water partition coefficient (Wildman–Crippen LogP) is 2.26. The molecule has 0 amide bonds. The van der Waals surface area contributed by atoms with Crippen LogP contribution in [0.25, 0.3) is 11.5 Å². The zero-order chi connectivity index (χ0) is 17.3. The van der Waals surface area contributed by atoms with Gasteiger partial charge in [-0.25, -0.2) is 18.2 Å². The van der Waals surface area contributed by atoms with Crippen molar-refractivity contribution in [3.8, 4) is 11.5 Å². The van der Waals surface area contributed by atoms with Crippen LogP contribution in [-0.2, 0) is 0 Å². The van der Waals surface area contributed by atoms with Gasteiger partial charge in [-0.3, -0.25) is 0 Å². The van der Waals surface area contributed by atoms with Crippen molar-refractivity contribution < 1.29 is 13.2 Å². The number of aromatic nitrogens is 4. The Hall–Kier alpha value is -3.43. The van der Waals surface area contributed by atoms with Crippen molar-refractivity contribution in [2.75, 3.05) is 16.8 Å². The highest BCUT2D eigenvalue weighted by atomic mass is 19.1. The molecule has 2 heterocycles. The number of hydrogen-bond acceptors (Lipinski definition) is 7.